The maximum atomic E-state index is 3.72. The lowest BCUT2D eigenvalue weighted by Crippen LogP contribution is -2.37. The zero-order valence-corrected chi connectivity index (χ0v) is 10.8. The third kappa shape index (κ3) is 2.43. The summed E-state index contributed by atoms with van der Waals surface area (Å²) in [5, 5.41) is 8.22. The predicted octanol–water partition coefficient (Wildman–Crippen LogP) is 3.72. The molecule has 0 aliphatic heterocycles. The van der Waals surface area contributed by atoms with Crippen LogP contribution in [-0.4, -0.2) is 6.04 Å². The molecule has 1 aromatic heterocycles. The maximum Gasteiger partial charge on any atom is 0.0219 e. The van der Waals surface area contributed by atoms with Gasteiger partial charge in [-0.25, -0.2) is 0 Å². The Labute approximate surface area is 96.9 Å². The summed E-state index contributed by atoms with van der Waals surface area (Å²) in [7, 11) is 0. The van der Waals surface area contributed by atoms with Gasteiger partial charge in [0.2, 0.25) is 0 Å². The molecule has 1 aromatic rings. The first kappa shape index (κ1) is 11.2. The normalized spacial score (nSPS) is 24.6. The van der Waals surface area contributed by atoms with Gasteiger partial charge < -0.3 is 5.32 Å². The quantitative estimate of drug-likeness (QED) is 0.823. The van der Waals surface area contributed by atoms with Gasteiger partial charge in [-0.05, 0) is 47.1 Å². The highest BCUT2D eigenvalue weighted by Gasteiger charge is 2.33. The van der Waals surface area contributed by atoms with Crippen LogP contribution >= 0.6 is 11.3 Å². The molecule has 2 heteroatoms. The van der Waals surface area contributed by atoms with Crippen molar-refractivity contribution in [2.45, 2.75) is 52.6 Å². The molecule has 0 bridgehead atoms. The van der Waals surface area contributed by atoms with Crippen LogP contribution in [-0.2, 0) is 6.54 Å². The molecule has 1 nitrogen and oxygen atoms in total. The van der Waals surface area contributed by atoms with Gasteiger partial charge in [0.15, 0.2) is 0 Å². The highest BCUT2D eigenvalue weighted by atomic mass is 32.1. The van der Waals surface area contributed by atoms with Crippen LogP contribution < -0.4 is 5.32 Å². The van der Waals surface area contributed by atoms with Gasteiger partial charge in [-0.3, -0.25) is 0 Å². The number of thiophene rings is 1. The summed E-state index contributed by atoms with van der Waals surface area (Å²) in [5.74, 6) is 0. The second-order valence-electron chi connectivity index (χ2n) is 5.39. The monoisotopic (exact) mass is 223 g/mol. The zero-order chi connectivity index (χ0) is 10.9. The summed E-state index contributed by atoms with van der Waals surface area (Å²) in [6.07, 6.45) is 4.09. The van der Waals surface area contributed by atoms with Crippen molar-refractivity contribution in [3.63, 3.8) is 0 Å². The van der Waals surface area contributed by atoms with Gasteiger partial charge in [-0.2, -0.15) is 11.3 Å². The van der Waals surface area contributed by atoms with Gasteiger partial charge in [-0.15, -0.1) is 0 Å². The van der Waals surface area contributed by atoms with E-state index >= 15 is 0 Å². The summed E-state index contributed by atoms with van der Waals surface area (Å²) >= 11 is 1.81. The molecule has 2 rings (SSSR count). The molecule has 1 fully saturated rings. The fraction of sp³-hybridized carbons (Fsp3) is 0.692. The van der Waals surface area contributed by atoms with E-state index in [0.29, 0.717) is 11.5 Å². The Bertz CT molecular complexity index is 327. The summed E-state index contributed by atoms with van der Waals surface area (Å²) < 4.78 is 0. The minimum atomic E-state index is 0.490. The predicted molar refractivity (Wildman–Crippen MR) is 67.3 cm³/mol. The van der Waals surface area contributed by atoms with Crippen LogP contribution in [0.4, 0.5) is 0 Å². The molecule has 0 spiro atoms. The molecule has 0 radical (unpaired) electrons. The molecule has 1 heterocycles. The molecule has 1 aliphatic carbocycles. The van der Waals surface area contributed by atoms with Crippen molar-refractivity contribution < 1.29 is 0 Å². The van der Waals surface area contributed by atoms with Crippen LogP contribution in [0.1, 0.15) is 44.2 Å². The van der Waals surface area contributed by atoms with Gasteiger partial charge in [0.1, 0.15) is 0 Å². The van der Waals surface area contributed by atoms with Crippen LogP contribution in [0.25, 0.3) is 0 Å². The number of hydrogen-bond donors (Lipinski definition) is 1. The van der Waals surface area contributed by atoms with E-state index in [1.165, 1.54) is 30.4 Å². The summed E-state index contributed by atoms with van der Waals surface area (Å²) in [6, 6.07) is 0.705. The lowest BCUT2D eigenvalue weighted by Gasteiger charge is -2.28. The van der Waals surface area contributed by atoms with Crippen molar-refractivity contribution in [3.8, 4) is 0 Å². The van der Waals surface area contributed by atoms with Crippen molar-refractivity contribution in [1.82, 2.24) is 5.32 Å². The maximum absolute atomic E-state index is 3.72. The Balaban J connectivity index is 1.91. The van der Waals surface area contributed by atoms with E-state index in [2.05, 4.69) is 36.8 Å². The highest BCUT2D eigenvalue weighted by Crippen LogP contribution is 2.37. The van der Waals surface area contributed by atoms with Gasteiger partial charge >= 0.3 is 0 Å². The number of nitrogens with one attached hydrogen (secondary N) is 1. The van der Waals surface area contributed by atoms with Gasteiger partial charge in [0.25, 0.3) is 0 Å². The SMILES string of the molecule is Cc1cscc1CNC1CCCC1(C)C. The third-order valence-corrected chi connectivity index (χ3v) is 4.67. The Morgan fingerprint density at radius 2 is 2.27 bits per heavy atom. The molecular weight excluding hydrogens is 202 g/mol. The second-order valence-corrected chi connectivity index (χ2v) is 6.14. The molecule has 1 N–H and O–H groups in total. The minimum absolute atomic E-state index is 0.490. The van der Waals surface area contributed by atoms with E-state index in [9.17, 15) is 0 Å². The molecule has 1 atom stereocenters. The van der Waals surface area contributed by atoms with E-state index in [0.717, 1.165) is 6.54 Å². The average Bonchev–Trinajstić information content (AvgIpc) is 2.69. The average molecular weight is 223 g/mol. The minimum Gasteiger partial charge on any atom is -0.309 e. The van der Waals surface area contributed by atoms with Crippen molar-refractivity contribution in [3.05, 3.63) is 21.9 Å². The van der Waals surface area contributed by atoms with Crippen molar-refractivity contribution in [2.24, 2.45) is 5.41 Å². The summed E-state index contributed by atoms with van der Waals surface area (Å²) in [5.41, 5.74) is 3.40. The van der Waals surface area contributed by atoms with Crippen LogP contribution in [0.2, 0.25) is 0 Å². The molecule has 1 aliphatic rings. The Morgan fingerprint density at radius 1 is 1.47 bits per heavy atom. The van der Waals surface area contributed by atoms with E-state index in [1.54, 1.807) is 0 Å². The van der Waals surface area contributed by atoms with Gasteiger partial charge in [0.05, 0.1) is 0 Å². The molecule has 0 amide bonds. The first-order valence-corrected chi connectivity index (χ1v) is 6.79. The second kappa shape index (κ2) is 4.26. The molecule has 0 aromatic carbocycles. The van der Waals surface area contributed by atoms with E-state index in [-0.39, 0.29) is 0 Å². The van der Waals surface area contributed by atoms with Crippen LogP contribution in [0.5, 0.6) is 0 Å². The number of rotatable bonds is 3. The fourth-order valence-electron chi connectivity index (χ4n) is 2.51. The topological polar surface area (TPSA) is 12.0 Å². The standard InChI is InChI=1S/C13H21NS/c1-10-8-15-9-11(10)7-14-12-5-4-6-13(12,2)3/h8-9,12,14H,4-7H2,1-3H3. The lowest BCUT2D eigenvalue weighted by atomic mass is 9.87. The summed E-state index contributed by atoms with van der Waals surface area (Å²) in [6.45, 7) is 8.02. The molecule has 1 saturated carbocycles. The Kier molecular flexibility index (Phi) is 3.17. The molecular formula is C13H21NS. The molecule has 1 unspecified atom stereocenters. The lowest BCUT2D eigenvalue weighted by molar-refractivity contribution is 0.282. The Hall–Kier alpha value is -0.340. The fourth-order valence-corrected chi connectivity index (χ4v) is 3.36. The first-order chi connectivity index (χ1) is 7.09. The van der Waals surface area contributed by atoms with Crippen molar-refractivity contribution in [1.29, 1.82) is 0 Å². The van der Waals surface area contributed by atoms with Crippen molar-refractivity contribution >= 4 is 11.3 Å². The van der Waals surface area contributed by atoms with Crippen LogP contribution in [0, 0.1) is 12.3 Å². The number of aryl methyl sites for hydroxylation is 1. The van der Waals surface area contributed by atoms with E-state index < -0.39 is 0 Å². The molecule has 15 heavy (non-hydrogen) atoms. The largest absolute Gasteiger partial charge is 0.309 e. The summed E-state index contributed by atoms with van der Waals surface area (Å²) in [4.78, 5) is 0. The molecule has 0 saturated heterocycles. The van der Waals surface area contributed by atoms with Crippen molar-refractivity contribution in [2.75, 3.05) is 0 Å². The molecule has 84 valence electrons. The van der Waals surface area contributed by atoms with Crippen LogP contribution in [0.15, 0.2) is 10.8 Å². The number of hydrogen-bond acceptors (Lipinski definition) is 2. The van der Waals surface area contributed by atoms with E-state index in [1.807, 2.05) is 11.3 Å². The smallest absolute Gasteiger partial charge is 0.0219 e. The van der Waals surface area contributed by atoms with Gasteiger partial charge in [0, 0.05) is 12.6 Å². The van der Waals surface area contributed by atoms with Gasteiger partial charge in [-0.1, -0.05) is 20.3 Å². The first-order valence-electron chi connectivity index (χ1n) is 5.85. The highest BCUT2D eigenvalue weighted by molar-refractivity contribution is 7.08. The Morgan fingerprint density at radius 3 is 2.80 bits per heavy atom. The van der Waals surface area contributed by atoms with Crippen LogP contribution in [0.3, 0.4) is 0 Å². The third-order valence-electron chi connectivity index (χ3n) is 3.76. The van der Waals surface area contributed by atoms with E-state index in [4.69, 9.17) is 0 Å². The zero-order valence-electron chi connectivity index (χ0n) is 9.97.